The summed E-state index contributed by atoms with van der Waals surface area (Å²) in [6.45, 7) is 7.74. The van der Waals surface area contributed by atoms with E-state index in [4.69, 9.17) is 9.47 Å². The van der Waals surface area contributed by atoms with Gasteiger partial charge in [-0.2, -0.15) is 0 Å². The molecule has 2 heterocycles. The Balaban J connectivity index is 1.60. The fourth-order valence-corrected chi connectivity index (χ4v) is 3.67. The summed E-state index contributed by atoms with van der Waals surface area (Å²) >= 11 is 1.19. The fourth-order valence-electron chi connectivity index (χ4n) is 2.98. The molecule has 0 saturated carbocycles. The molecule has 8 nitrogen and oxygen atoms in total. The van der Waals surface area contributed by atoms with Crippen molar-refractivity contribution in [2.45, 2.75) is 39.5 Å². The molecule has 0 unspecified atom stereocenters. The van der Waals surface area contributed by atoms with Crippen molar-refractivity contribution in [3.63, 3.8) is 0 Å². The lowest BCUT2D eigenvalue weighted by Crippen LogP contribution is -2.13. The number of hydrogen-bond donors (Lipinski definition) is 2. The lowest BCUT2D eigenvalue weighted by Gasteiger charge is -2.05. The maximum atomic E-state index is 12.8. The van der Waals surface area contributed by atoms with E-state index in [1.165, 1.54) is 11.8 Å². The van der Waals surface area contributed by atoms with Crippen molar-refractivity contribution in [1.82, 2.24) is 20.2 Å². The van der Waals surface area contributed by atoms with Gasteiger partial charge in [0.25, 0.3) is 0 Å². The fraction of sp³-hybridized carbons (Fsp3) is 0.333. The van der Waals surface area contributed by atoms with E-state index in [0.29, 0.717) is 33.5 Å². The zero-order valence-corrected chi connectivity index (χ0v) is 18.2. The highest BCUT2D eigenvalue weighted by Gasteiger charge is 2.25. The number of rotatable bonds is 9. The highest BCUT2D eigenvalue weighted by molar-refractivity contribution is 7.99. The molecule has 3 rings (SSSR count). The van der Waals surface area contributed by atoms with E-state index < -0.39 is 5.97 Å². The summed E-state index contributed by atoms with van der Waals surface area (Å²) in [4.78, 5) is 32.4. The number of aryl methyl sites for hydroxylation is 3. The molecule has 0 atom stereocenters. The molecule has 0 radical (unpaired) electrons. The molecule has 2 N–H and O–H groups in total. The van der Waals surface area contributed by atoms with Gasteiger partial charge in [-0.15, -0.1) is 5.10 Å². The predicted octanol–water partition coefficient (Wildman–Crippen LogP) is 3.79. The van der Waals surface area contributed by atoms with Crippen LogP contribution >= 0.6 is 11.8 Å². The Morgan fingerprint density at radius 1 is 1.07 bits per heavy atom. The van der Waals surface area contributed by atoms with Crippen molar-refractivity contribution >= 4 is 23.5 Å². The van der Waals surface area contributed by atoms with E-state index in [1.54, 1.807) is 20.8 Å². The van der Waals surface area contributed by atoms with Crippen molar-refractivity contribution in [2.24, 2.45) is 0 Å². The smallest absolute Gasteiger partial charge is 0.340 e. The largest absolute Gasteiger partial charge is 0.486 e. The van der Waals surface area contributed by atoms with Gasteiger partial charge in [-0.1, -0.05) is 29.5 Å². The van der Waals surface area contributed by atoms with Crippen LogP contribution in [0.5, 0.6) is 5.75 Å². The molecule has 0 fully saturated rings. The first kappa shape index (κ1) is 21.6. The lowest BCUT2D eigenvalue weighted by atomic mass is 10.1. The second kappa shape index (κ2) is 9.62. The molecule has 0 spiro atoms. The molecule has 0 aliphatic heterocycles. The van der Waals surface area contributed by atoms with Crippen molar-refractivity contribution in [3.05, 3.63) is 58.2 Å². The van der Waals surface area contributed by atoms with Crippen LogP contribution in [0.1, 0.15) is 50.4 Å². The molecule has 0 aliphatic rings. The number of H-pyrrole nitrogens is 2. The molecular formula is C21H24N4O4S. The Morgan fingerprint density at radius 3 is 2.47 bits per heavy atom. The summed E-state index contributed by atoms with van der Waals surface area (Å²) in [7, 11) is 0. The van der Waals surface area contributed by atoms with Gasteiger partial charge < -0.3 is 14.5 Å². The van der Waals surface area contributed by atoms with E-state index in [-0.39, 0.29) is 24.7 Å². The molecule has 3 aromatic rings. The highest BCUT2D eigenvalue weighted by atomic mass is 32.2. The Kier molecular flexibility index (Phi) is 6.94. The average Bonchev–Trinajstić information content (AvgIpc) is 3.29. The summed E-state index contributed by atoms with van der Waals surface area (Å²) in [5.41, 5.74) is 3.07. The maximum absolute atomic E-state index is 12.8. The first-order valence-electron chi connectivity index (χ1n) is 9.52. The monoisotopic (exact) mass is 428 g/mol. The van der Waals surface area contributed by atoms with Gasteiger partial charge in [0.05, 0.1) is 23.5 Å². The van der Waals surface area contributed by atoms with Crippen molar-refractivity contribution in [1.29, 1.82) is 0 Å². The number of nitrogens with zero attached hydrogens (tertiary/aromatic N) is 2. The summed E-state index contributed by atoms with van der Waals surface area (Å²) in [6.07, 6.45) is 0. The molecular weight excluding hydrogens is 404 g/mol. The van der Waals surface area contributed by atoms with Crippen molar-refractivity contribution in [2.75, 3.05) is 12.4 Å². The minimum absolute atomic E-state index is 0.0979. The van der Waals surface area contributed by atoms with Gasteiger partial charge in [-0.05, 0) is 39.8 Å². The average molecular weight is 429 g/mol. The number of carbonyl (C=O) groups is 2. The van der Waals surface area contributed by atoms with Crippen LogP contribution < -0.4 is 4.74 Å². The van der Waals surface area contributed by atoms with Crippen LogP contribution in [0, 0.1) is 20.8 Å². The molecule has 0 amide bonds. The number of nitrogens with one attached hydrogen (secondary N) is 2. The quantitative estimate of drug-likeness (QED) is 0.303. The summed E-state index contributed by atoms with van der Waals surface area (Å²) < 4.78 is 10.8. The Morgan fingerprint density at radius 2 is 1.77 bits per heavy atom. The van der Waals surface area contributed by atoms with E-state index >= 15 is 0 Å². The standard InChI is InChI=1S/C21H24N4O4S/c1-5-28-20(27)19-14(4)22-13(3)18(19)16(26)11-30-21-23-17(24-25-21)10-29-15-8-6-12(2)7-9-15/h6-9,22H,5,10-11H2,1-4H3,(H,23,24,25). The number of esters is 1. The molecule has 158 valence electrons. The minimum atomic E-state index is -0.499. The number of ether oxygens (including phenoxy) is 2. The molecule has 9 heteroatoms. The number of carbonyl (C=O) groups excluding carboxylic acids is 2. The summed E-state index contributed by atoms with van der Waals surface area (Å²) in [5, 5.41) is 7.37. The van der Waals surface area contributed by atoms with Crippen LogP contribution in [0.3, 0.4) is 0 Å². The number of thioether (sulfide) groups is 1. The Hall–Kier alpha value is -3.07. The molecule has 2 aromatic heterocycles. The third kappa shape index (κ3) is 5.10. The van der Waals surface area contributed by atoms with E-state index in [1.807, 2.05) is 31.2 Å². The van der Waals surface area contributed by atoms with Crippen LogP contribution in [0.4, 0.5) is 0 Å². The van der Waals surface area contributed by atoms with Crippen molar-refractivity contribution in [3.8, 4) is 5.75 Å². The zero-order valence-electron chi connectivity index (χ0n) is 17.4. The maximum Gasteiger partial charge on any atom is 0.340 e. The Labute approximate surface area is 178 Å². The first-order chi connectivity index (χ1) is 14.4. The topological polar surface area (TPSA) is 110 Å². The van der Waals surface area contributed by atoms with E-state index in [0.717, 1.165) is 11.3 Å². The minimum Gasteiger partial charge on any atom is -0.486 e. The van der Waals surface area contributed by atoms with Crippen LogP contribution in [0.25, 0.3) is 0 Å². The normalized spacial score (nSPS) is 10.8. The first-order valence-corrected chi connectivity index (χ1v) is 10.5. The van der Waals surface area contributed by atoms with E-state index in [9.17, 15) is 9.59 Å². The SMILES string of the molecule is CCOC(=O)c1c(C)[nH]c(C)c1C(=O)CSc1n[nH]c(COc2ccc(C)cc2)n1. The molecule has 0 aliphatic carbocycles. The predicted molar refractivity (Wildman–Crippen MR) is 113 cm³/mol. The van der Waals surface area contributed by atoms with Crippen LogP contribution in [0.2, 0.25) is 0 Å². The van der Waals surface area contributed by atoms with Gasteiger partial charge in [-0.25, -0.2) is 9.78 Å². The van der Waals surface area contributed by atoms with Crippen LogP contribution in [-0.2, 0) is 11.3 Å². The molecule has 30 heavy (non-hydrogen) atoms. The number of ketones is 1. The van der Waals surface area contributed by atoms with Gasteiger partial charge in [0.15, 0.2) is 11.6 Å². The van der Waals surface area contributed by atoms with Gasteiger partial charge in [0.1, 0.15) is 12.4 Å². The molecule has 0 saturated heterocycles. The van der Waals surface area contributed by atoms with Crippen molar-refractivity contribution < 1.29 is 19.1 Å². The Bertz CT molecular complexity index is 1040. The third-order valence-electron chi connectivity index (χ3n) is 4.37. The van der Waals surface area contributed by atoms with Gasteiger partial charge in [0, 0.05) is 11.4 Å². The second-order valence-corrected chi connectivity index (χ2v) is 7.67. The number of benzene rings is 1. The lowest BCUT2D eigenvalue weighted by molar-refractivity contribution is 0.0522. The number of aromatic amines is 2. The molecule has 0 bridgehead atoms. The third-order valence-corrected chi connectivity index (χ3v) is 5.22. The number of hydrogen-bond acceptors (Lipinski definition) is 7. The van der Waals surface area contributed by atoms with Gasteiger partial charge in [-0.3, -0.25) is 9.89 Å². The van der Waals surface area contributed by atoms with Crippen LogP contribution in [-0.4, -0.2) is 44.3 Å². The number of Topliss-reactive ketones (excluding diaryl/α,β-unsaturated/α-hetero) is 1. The number of aromatic nitrogens is 4. The summed E-state index contributed by atoms with van der Waals surface area (Å²) in [5.74, 6) is 0.714. The summed E-state index contributed by atoms with van der Waals surface area (Å²) in [6, 6.07) is 7.72. The van der Waals surface area contributed by atoms with Crippen LogP contribution in [0.15, 0.2) is 29.4 Å². The van der Waals surface area contributed by atoms with Gasteiger partial charge in [0.2, 0.25) is 5.16 Å². The zero-order chi connectivity index (χ0) is 21.7. The highest BCUT2D eigenvalue weighted by Crippen LogP contribution is 2.23. The molecule has 1 aromatic carbocycles. The van der Waals surface area contributed by atoms with Gasteiger partial charge >= 0.3 is 5.97 Å². The second-order valence-electron chi connectivity index (χ2n) is 6.72. The van der Waals surface area contributed by atoms with E-state index in [2.05, 4.69) is 20.2 Å².